The van der Waals surface area contributed by atoms with Crippen LogP contribution >= 0.6 is 24.8 Å². The molecule has 1 aliphatic carbocycles. The van der Waals surface area contributed by atoms with Crippen LogP contribution in [0.25, 0.3) is 0 Å². The van der Waals surface area contributed by atoms with Crippen LogP contribution < -0.4 is 11.1 Å². The van der Waals surface area contributed by atoms with E-state index in [0.29, 0.717) is 12.1 Å². The first kappa shape index (κ1) is 17.0. The summed E-state index contributed by atoms with van der Waals surface area (Å²) in [6.07, 6.45) is 3.73. The Morgan fingerprint density at radius 2 is 2.00 bits per heavy atom. The third kappa shape index (κ3) is 4.28. The van der Waals surface area contributed by atoms with Gasteiger partial charge < -0.3 is 11.1 Å². The predicted octanol–water partition coefficient (Wildman–Crippen LogP) is 0.919. The first-order valence-corrected chi connectivity index (χ1v) is 5.89. The zero-order valence-electron chi connectivity index (χ0n) is 10.4. The summed E-state index contributed by atoms with van der Waals surface area (Å²) in [5.74, 6) is -0.0233. The molecule has 0 aromatic rings. The standard InChI is InChI=1S/C11H21N3O.2ClH/c1-7-5-9(13-11(15)8(2)12)6-14(7)10-3-4-10;;/h7-10H,3-6,12H2,1-2H3,(H,13,15);2*1H. The number of carbonyl (C=O) groups is 1. The van der Waals surface area contributed by atoms with Crippen LogP contribution in [0.5, 0.6) is 0 Å². The van der Waals surface area contributed by atoms with Crippen LogP contribution in [0.1, 0.15) is 33.1 Å². The van der Waals surface area contributed by atoms with Crippen molar-refractivity contribution >= 4 is 30.7 Å². The Balaban J connectivity index is 0.00000128. The molecule has 17 heavy (non-hydrogen) atoms. The monoisotopic (exact) mass is 283 g/mol. The van der Waals surface area contributed by atoms with E-state index in [1.165, 1.54) is 12.8 Å². The number of nitrogens with one attached hydrogen (secondary N) is 1. The molecule has 1 saturated heterocycles. The Kier molecular flexibility index (Phi) is 6.77. The van der Waals surface area contributed by atoms with Gasteiger partial charge in [0.1, 0.15) is 0 Å². The molecule has 2 fully saturated rings. The van der Waals surface area contributed by atoms with Crippen molar-refractivity contribution in [1.29, 1.82) is 0 Å². The molecule has 3 atom stereocenters. The van der Waals surface area contributed by atoms with Gasteiger partial charge in [0.15, 0.2) is 0 Å². The number of carbonyl (C=O) groups excluding carboxylic acids is 1. The molecule has 1 saturated carbocycles. The molecule has 102 valence electrons. The van der Waals surface area contributed by atoms with Crippen LogP contribution in [0.3, 0.4) is 0 Å². The Hall–Kier alpha value is -0.0300. The van der Waals surface area contributed by atoms with Gasteiger partial charge in [0, 0.05) is 24.7 Å². The lowest BCUT2D eigenvalue weighted by molar-refractivity contribution is -0.122. The lowest BCUT2D eigenvalue weighted by atomic mass is 10.2. The predicted molar refractivity (Wildman–Crippen MR) is 73.9 cm³/mol. The summed E-state index contributed by atoms with van der Waals surface area (Å²) in [6.45, 7) is 4.98. The highest BCUT2D eigenvalue weighted by Crippen LogP contribution is 2.33. The normalized spacial score (nSPS) is 30.1. The average Bonchev–Trinajstić information content (AvgIpc) is 2.92. The van der Waals surface area contributed by atoms with Gasteiger partial charge in [-0.1, -0.05) is 0 Å². The highest BCUT2D eigenvalue weighted by atomic mass is 35.5. The number of rotatable bonds is 3. The van der Waals surface area contributed by atoms with Crippen molar-refractivity contribution in [1.82, 2.24) is 10.2 Å². The van der Waals surface area contributed by atoms with E-state index in [-0.39, 0.29) is 30.7 Å². The van der Waals surface area contributed by atoms with Crippen molar-refractivity contribution in [3.63, 3.8) is 0 Å². The topological polar surface area (TPSA) is 58.4 Å². The first-order valence-electron chi connectivity index (χ1n) is 5.89. The molecule has 1 heterocycles. The van der Waals surface area contributed by atoms with E-state index in [4.69, 9.17) is 5.73 Å². The molecule has 0 spiro atoms. The summed E-state index contributed by atoms with van der Waals surface area (Å²) in [6, 6.07) is 1.31. The van der Waals surface area contributed by atoms with Gasteiger partial charge in [0.25, 0.3) is 0 Å². The summed E-state index contributed by atoms with van der Waals surface area (Å²) >= 11 is 0. The van der Waals surface area contributed by atoms with E-state index in [1.54, 1.807) is 6.92 Å². The lowest BCUT2D eigenvalue weighted by Crippen LogP contribution is -2.45. The zero-order chi connectivity index (χ0) is 11.0. The fourth-order valence-corrected chi connectivity index (χ4v) is 2.41. The molecule has 1 aliphatic heterocycles. The minimum Gasteiger partial charge on any atom is -0.351 e. The average molecular weight is 284 g/mol. The molecule has 6 heteroatoms. The largest absolute Gasteiger partial charge is 0.351 e. The molecular weight excluding hydrogens is 261 g/mol. The van der Waals surface area contributed by atoms with E-state index >= 15 is 0 Å². The van der Waals surface area contributed by atoms with Gasteiger partial charge in [-0.3, -0.25) is 9.69 Å². The molecule has 0 bridgehead atoms. The maximum atomic E-state index is 11.4. The van der Waals surface area contributed by atoms with Crippen LogP contribution in [-0.2, 0) is 4.79 Å². The highest BCUT2D eigenvalue weighted by molar-refractivity contribution is 5.85. The van der Waals surface area contributed by atoms with Gasteiger partial charge in [0.05, 0.1) is 6.04 Å². The molecule has 1 amide bonds. The van der Waals surface area contributed by atoms with Crippen molar-refractivity contribution in [3.05, 3.63) is 0 Å². The van der Waals surface area contributed by atoms with Crippen molar-refractivity contribution in [2.24, 2.45) is 5.73 Å². The second kappa shape index (κ2) is 6.78. The molecule has 2 aliphatic rings. The molecule has 3 N–H and O–H groups in total. The van der Waals surface area contributed by atoms with Gasteiger partial charge in [0.2, 0.25) is 5.91 Å². The van der Waals surface area contributed by atoms with Crippen LogP contribution in [-0.4, -0.2) is 41.5 Å². The van der Waals surface area contributed by atoms with E-state index in [9.17, 15) is 4.79 Å². The Bertz CT molecular complexity index is 259. The summed E-state index contributed by atoms with van der Waals surface area (Å²) in [4.78, 5) is 14.0. The maximum absolute atomic E-state index is 11.4. The number of nitrogens with two attached hydrogens (primary N) is 1. The van der Waals surface area contributed by atoms with Crippen molar-refractivity contribution in [2.45, 2.75) is 57.3 Å². The maximum Gasteiger partial charge on any atom is 0.236 e. The van der Waals surface area contributed by atoms with Crippen molar-refractivity contribution < 1.29 is 4.79 Å². The van der Waals surface area contributed by atoms with E-state index in [0.717, 1.165) is 19.0 Å². The summed E-state index contributed by atoms with van der Waals surface area (Å²) in [5, 5.41) is 3.02. The van der Waals surface area contributed by atoms with E-state index < -0.39 is 6.04 Å². The molecule has 2 rings (SSSR count). The zero-order valence-corrected chi connectivity index (χ0v) is 12.0. The van der Waals surface area contributed by atoms with Gasteiger partial charge in [-0.15, -0.1) is 24.8 Å². The number of hydrogen-bond acceptors (Lipinski definition) is 3. The van der Waals surface area contributed by atoms with Crippen LogP contribution in [0.4, 0.5) is 0 Å². The van der Waals surface area contributed by atoms with Crippen molar-refractivity contribution in [3.8, 4) is 0 Å². The number of amides is 1. The second-order valence-corrected chi connectivity index (χ2v) is 5.01. The van der Waals surface area contributed by atoms with Gasteiger partial charge in [-0.2, -0.15) is 0 Å². The van der Waals surface area contributed by atoms with Crippen LogP contribution in [0.2, 0.25) is 0 Å². The van der Waals surface area contributed by atoms with Gasteiger partial charge >= 0.3 is 0 Å². The number of nitrogens with zero attached hydrogens (tertiary/aromatic N) is 1. The van der Waals surface area contributed by atoms with E-state index in [2.05, 4.69) is 17.1 Å². The fourth-order valence-electron chi connectivity index (χ4n) is 2.41. The SMILES string of the molecule is CC(N)C(=O)NC1CC(C)N(C2CC2)C1.Cl.Cl. The first-order chi connectivity index (χ1) is 7.08. The third-order valence-corrected chi connectivity index (χ3v) is 3.40. The molecular formula is C11H23Cl2N3O. The van der Waals surface area contributed by atoms with Crippen LogP contribution in [0.15, 0.2) is 0 Å². The summed E-state index contributed by atoms with van der Waals surface area (Å²) in [7, 11) is 0. The minimum atomic E-state index is -0.393. The Morgan fingerprint density at radius 1 is 1.41 bits per heavy atom. The molecule has 4 nitrogen and oxygen atoms in total. The summed E-state index contributed by atoms with van der Waals surface area (Å²) < 4.78 is 0. The molecule has 0 aromatic heterocycles. The highest BCUT2D eigenvalue weighted by Gasteiger charge is 2.39. The quantitative estimate of drug-likeness (QED) is 0.810. The Labute approximate surface area is 115 Å². The van der Waals surface area contributed by atoms with E-state index in [1.807, 2.05) is 0 Å². The fraction of sp³-hybridized carbons (Fsp3) is 0.909. The second-order valence-electron chi connectivity index (χ2n) is 5.01. The van der Waals surface area contributed by atoms with Crippen molar-refractivity contribution in [2.75, 3.05) is 6.54 Å². The minimum absolute atomic E-state index is 0. The van der Waals surface area contributed by atoms with Gasteiger partial charge in [-0.05, 0) is 33.1 Å². The lowest BCUT2D eigenvalue weighted by Gasteiger charge is -2.19. The van der Waals surface area contributed by atoms with Gasteiger partial charge in [-0.25, -0.2) is 0 Å². The summed E-state index contributed by atoms with van der Waals surface area (Å²) in [5.41, 5.74) is 5.53. The third-order valence-electron chi connectivity index (χ3n) is 3.40. The number of likely N-dealkylation sites (tertiary alicyclic amines) is 1. The molecule has 0 aromatic carbocycles. The number of halogens is 2. The number of hydrogen-bond donors (Lipinski definition) is 2. The molecule has 3 unspecified atom stereocenters. The smallest absolute Gasteiger partial charge is 0.236 e. The van der Waals surface area contributed by atoms with Crippen LogP contribution in [0, 0.1) is 0 Å². The molecule has 0 radical (unpaired) electrons. The Morgan fingerprint density at radius 3 is 2.47 bits per heavy atom.